The summed E-state index contributed by atoms with van der Waals surface area (Å²) in [6, 6.07) is 12.6. The molecule has 0 unspecified atom stereocenters. The Morgan fingerprint density at radius 3 is 2.79 bits per heavy atom. The first-order chi connectivity index (χ1) is 13.5. The summed E-state index contributed by atoms with van der Waals surface area (Å²) in [6.45, 7) is 1.90. The Labute approximate surface area is 169 Å². The number of carbonyl (C=O) groups is 1. The summed E-state index contributed by atoms with van der Waals surface area (Å²) in [5.74, 6) is 0.386. The topological polar surface area (TPSA) is 81.3 Å². The standard InChI is InChI=1S/C19H16ClN5O2S/c1-11-7-8-12(9-14(11)20)21-16(26)10-28-19-23-22-18-24(2)17(27)13-5-3-4-6-15(13)25(18)19/h3-9H,10H2,1-2H3,(H,21,26). The van der Waals surface area contributed by atoms with Gasteiger partial charge in [0.1, 0.15) is 0 Å². The van der Waals surface area contributed by atoms with Crippen LogP contribution in [0.2, 0.25) is 5.02 Å². The molecule has 0 atom stereocenters. The first kappa shape index (κ1) is 18.5. The number of nitrogens with zero attached hydrogens (tertiary/aromatic N) is 4. The zero-order valence-corrected chi connectivity index (χ0v) is 16.7. The Bertz CT molecular complexity index is 1280. The van der Waals surface area contributed by atoms with Gasteiger partial charge in [-0.05, 0) is 36.8 Å². The van der Waals surface area contributed by atoms with Gasteiger partial charge in [-0.1, -0.05) is 41.6 Å². The Kier molecular flexibility index (Phi) is 4.82. The van der Waals surface area contributed by atoms with Crippen LogP contribution in [0.3, 0.4) is 0 Å². The molecule has 2 heterocycles. The molecule has 0 aliphatic rings. The third-order valence-electron chi connectivity index (χ3n) is 4.38. The maximum atomic E-state index is 12.5. The molecule has 9 heteroatoms. The van der Waals surface area contributed by atoms with Crippen LogP contribution >= 0.6 is 23.4 Å². The highest BCUT2D eigenvalue weighted by Gasteiger charge is 2.16. The number of benzene rings is 2. The molecule has 28 heavy (non-hydrogen) atoms. The van der Waals surface area contributed by atoms with Gasteiger partial charge in [-0.3, -0.25) is 18.6 Å². The van der Waals surface area contributed by atoms with Gasteiger partial charge in [0.2, 0.25) is 11.7 Å². The highest BCUT2D eigenvalue weighted by Crippen LogP contribution is 2.23. The molecule has 0 aliphatic carbocycles. The van der Waals surface area contributed by atoms with Crippen molar-refractivity contribution in [1.29, 1.82) is 0 Å². The van der Waals surface area contributed by atoms with Gasteiger partial charge in [-0.25, -0.2) is 0 Å². The molecule has 142 valence electrons. The van der Waals surface area contributed by atoms with Gasteiger partial charge in [-0.15, -0.1) is 10.2 Å². The number of thioether (sulfide) groups is 1. The van der Waals surface area contributed by atoms with Crippen LogP contribution in [-0.4, -0.2) is 30.8 Å². The molecule has 1 amide bonds. The van der Waals surface area contributed by atoms with Gasteiger partial charge >= 0.3 is 0 Å². The van der Waals surface area contributed by atoms with Crippen LogP contribution in [0.25, 0.3) is 16.7 Å². The molecule has 0 saturated carbocycles. The van der Waals surface area contributed by atoms with Crippen LogP contribution in [0.4, 0.5) is 5.69 Å². The number of anilines is 1. The van der Waals surface area contributed by atoms with Crippen molar-refractivity contribution >= 4 is 51.6 Å². The second kappa shape index (κ2) is 7.29. The van der Waals surface area contributed by atoms with Crippen LogP contribution < -0.4 is 10.9 Å². The molecule has 4 aromatic rings. The molecule has 2 aromatic carbocycles. The summed E-state index contributed by atoms with van der Waals surface area (Å²) in [7, 11) is 1.65. The van der Waals surface area contributed by atoms with E-state index in [4.69, 9.17) is 11.6 Å². The average molecular weight is 414 g/mol. The van der Waals surface area contributed by atoms with Crippen LogP contribution in [-0.2, 0) is 11.8 Å². The number of aryl methyl sites for hydroxylation is 2. The SMILES string of the molecule is Cc1ccc(NC(=O)CSc2nnc3n(C)c(=O)c4ccccc4n23)cc1Cl. The smallest absolute Gasteiger partial charge is 0.262 e. The Balaban J connectivity index is 1.61. The summed E-state index contributed by atoms with van der Waals surface area (Å²) in [6.07, 6.45) is 0. The average Bonchev–Trinajstić information content (AvgIpc) is 3.12. The van der Waals surface area contributed by atoms with E-state index in [0.29, 0.717) is 32.5 Å². The van der Waals surface area contributed by atoms with E-state index in [1.165, 1.54) is 16.3 Å². The van der Waals surface area contributed by atoms with E-state index in [1.807, 2.05) is 31.2 Å². The third kappa shape index (κ3) is 3.25. The second-order valence-electron chi connectivity index (χ2n) is 6.30. The fourth-order valence-electron chi connectivity index (χ4n) is 2.90. The lowest BCUT2D eigenvalue weighted by Crippen LogP contribution is -2.20. The fraction of sp³-hybridized carbons (Fsp3) is 0.158. The van der Waals surface area contributed by atoms with Crippen molar-refractivity contribution in [2.75, 3.05) is 11.1 Å². The first-order valence-electron chi connectivity index (χ1n) is 8.47. The van der Waals surface area contributed by atoms with Crippen molar-refractivity contribution in [3.8, 4) is 0 Å². The number of rotatable bonds is 4. The normalized spacial score (nSPS) is 11.2. The molecular weight excluding hydrogens is 398 g/mol. The van der Waals surface area contributed by atoms with Gasteiger partial charge < -0.3 is 5.32 Å². The van der Waals surface area contributed by atoms with E-state index in [-0.39, 0.29) is 17.2 Å². The number of halogens is 1. The highest BCUT2D eigenvalue weighted by molar-refractivity contribution is 7.99. The van der Waals surface area contributed by atoms with Crippen molar-refractivity contribution in [2.45, 2.75) is 12.1 Å². The molecule has 0 bridgehead atoms. The van der Waals surface area contributed by atoms with E-state index < -0.39 is 0 Å². The van der Waals surface area contributed by atoms with Crippen molar-refractivity contribution in [3.63, 3.8) is 0 Å². The largest absolute Gasteiger partial charge is 0.325 e. The predicted molar refractivity (Wildman–Crippen MR) is 111 cm³/mol. The molecule has 0 radical (unpaired) electrons. The number of fused-ring (bicyclic) bond motifs is 3. The maximum Gasteiger partial charge on any atom is 0.262 e. The molecule has 0 aliphatic heterocycles. The van der Waals surface area contributed by atoms with Gasteiger partial charge in [0.05, 0.1) is 16.7 Å². The minimum Gasteiger partial charge on any atom is -0.325 e. The Morgan fingerprint density at radius 1 is 1.21 bits per heavy atom. The monoisotopic (exact) mass is 413 g/mol. The van der Waals surface area contributed by atoms with Crippen molar-refractivity contribution < 1.29 is 4.79 Å². The number of amides is 1. The summed E-state index contributed by atoms with van der Waals surface area (Å²) < 4.78 is 3.24. The van der Waals surface area contributed by atoms with E-state index in [9.17, 15) is 9.59 Å². The maximum absolute atomic E-state index is 12.5. The number of carbonyl (C=O) groups excluding carboxylic acids is 1. The Hall–Kier alpha value is -2.84. The third-order valence-corrected chi connectivity index (χ3v) is 5.72. The predicted octanol–water partition coefficient (Wildman–Crippen LogP) is 3.27. The summed E-state index contributed by atoms with van der Waals surface area (Å²) in [5.41, 5.74) is 2.15. The van der Waals surface area contributed by atoms with Crippen LogP contribution in [0, 0.1) is 6.92 Å². The zero-order chi connectivity index (χ0) is 19.8. The number of hydrogen-bond acceptors (Lipinski definition) is 5. The fourth-order valence-corrected chi connectivity index (χ4v) is 3.82. The molecule has 4 rings (SSSR count). The minimum absolute atomic E-state index is 0.138. The number of hydrogen-bond donors (Lipinski definition) is 1. The molecule has 0 spiro atoms. The lowest BCUT2D eigenvalue weighted by molar-refractivity contribution is -0.113. The van der Waals surface area contributed by atoms with Gasteiger partial charge in [0, 0.05) is 17.8 Å². The Morgan fingerprint density at radius 2 is 2.00 bits per heavy atom. The van der Waals surface area contributed by atoms with Crippen LogP contribution in [0.15, 0.2) is 52.4 Å². The lowest BCUT2D eigenvalue weighted by Gasteiger charge is -2.08. The summed E-state index contributed by atoms with van der Waals surface area (Å²) in [5, 5.41) is 12.8. The van der Waals surface area contributed by atoms with Crippen LogP contribution in [0.1, 0.15) is 5.56 Å². The molecule has 2 aromatic heterocycles. The molecular formula is C19H16ClN5O2S. The number of nitrogens with one attached hydrogen (secondary N) is 1. The van der Waals surface area contributed by atoms with Crippen LogP contribution in [0.5, 0.6) is 0 Å². The minimum atomic E-state index is -0.184. The first-order valence-corrected chi connectivity index (χ1v) is 9.83. The number of aromatic nitrogens is 4. The molecule has 1 N–H and O–H groups in total. The van der Waals surface area contributed by atoms with E-state index >= 15 is 0 Å². The van der Waals surface area contributed by atoms with Gasteiger partial charge in [0.15, 0.2) is 5.16 Å². The molecule has 7 nitrogen and oxygen atoms in total. The zero-order valence-electron chi connectivity index (χ0n) is 15.1. The quantitative estimate of drug-likeness (QED) is 0.519. The van der Waals surface area contributed by atoms with Crippen molar-refractivity contribution in [2.24, 2.45) is 7.05 Å². The summed E-state index contributed by atoms with van der Waals surface area (Å²) in [4.78, 5) is 24.8. The van der Waals surface area contributed by atoms with E-state index in [1.54, 1.807) is 29.6 Å². The summed E-state index contributed by atoms with van der Waals surface area (Å²) >= 11 is 7.35. The molecule has 0 fully saturated rings. The second-order valence-corrected chi connectivity index (χ2v) is 7.65. The van der Waals surface area contributed by atoms with Gasteiger partial charge in [0.25, 0.3) is 5.56 Å². The van der Waals surface area contributed by atoms with Crippen molar-refractivity contribution in [3.05, 3.63) is 63.4 Å². The lowest BCUT2D eigenvalue weighted by atomic mass is 10.2. The van der Waals surface area contributed by atoms with Gasteiger partial charge in [-0.2, -0.15) is 0 Å². The number of para-hydroxylation sites is 1. The molecule has 0 saturated heterocycles. The van der Waals surface area contributed by atoms with Crippen molar-refractivity contribution in [1.82, 2.24) is 19.2 Å². The van der Waals surface area contributed by atoms with E-state index in [0.717, 1.165) is 5.56 Å². The van der Waals surface area contributed by atoms with E-state index in [2.05, 4.69) is 15.5 Å². The highest BCUT2D eigenvalue weighted by atomic mass is 35.5.